The van der Waals surface area contributed by atoms with Gasteiger partial charge in [0.1, 0.15) is 0 Å². The quantitative estimate of drug-likeness (QED) is 0.510. The molecule has 1 aromatic rings. The van der Waals surface area contributed by atoms with Gasteiger partial charge in [0.15, 0.2) is 4.87 Å². The van der Waals surface area contributed by atoms with E-state index in [0.717, 1.165) is 4.90 Å². The number of esters is 1. The molecule has 0 aromatic carbocycles. The fraction of sp³-hybridized carbons (Fsp3) is 0.467. The zero-order valence-electron chi connectivity index (χ0n) is 12.8. The minimum Gasteiger partial charge on any atom is -0.469 e. The molecular weight excluding hydrogens is 318 g/mol. The van der Waals surface area contributed by atoms with Gasteiger partial charge in [0, 0.05) is 25.4 Å². The van der Waals surface area contributed by atoms with E-state index in [-0.39, 0.29) is 13.0 Å². The highest BCUT2D eigenvalue weighted by Gasteiger charge is 2.65. The van der Waals surface area contributed by atoms with Crippen molar-refractivity contribution >= 4 is 30.5 Å². The van der Waals surface area contributed by atoms with Crippen LogP contribution in [0.15, 0.2) is 24.5 Å². The van der Waals surface area contributed by atoms with Crippen LogP contribution in [0.25, 0.3) is 0 Å². The lowest BCUT2D eigenvalue weighted by Crippen LogP contribution is -2.40. The fourth-order valence-corrected chi connectivity index (χ4v) is 3.93. The van der Waals surface area contributed by atoms with Crippen molar-refractivity contribution < 1.29 is 19.1 Å². The Morgan fingerprint density at radius 2 is 2.26 bits per heavy atom. The first-order valence-electron chi connectivity index (χ1n) is 7.31. The summed E-state index contributed by atoms with van der Waals surface area (Å²) in [6.45, 7) is 1.99. The summed E-state index contributed by atoms with van der Waals surface area (Å²) in [4.78, 5) is 42.8. The van der Waals surface area contributed by atoms with Crippen LogP contribution in [0.1, 0.15) is 24.9 Å². The summed E-state index contributed by atoms with van der Waals surface area (Å²) in [5, 5.41) is 0. The summed E-state index contributed by atoms with van der Waals surface area (Å²) >= 11 is 4.49. The van der Waals surface area contributed by atoms with Gasteiger partial charge in [-0.15, -0.1) is 12.6 Å². The van der Waals surface area contributed by atoms with E-state index < -0.39 is 34.7 Å². The molecule has 3 rings (SSSR count). The van der Waals surface area contributed by atoms with E-state index in [4.69, 9.17) is 4.74 Å². The molecule has 23 heavy (non-hydrogen) atoms. The van der Waals surface area contributed by atoms with E-state index in [1.165, 1.54) is 12.0 Å². The molecular formula is C15H17N3O4S. The largest absolute Gasteiger partial charge is 0.469 e. The second-order valence-electron chi connectivity index (χ2n) is 5.58. The first-order valence-corrected chi connectivity index (χ1v) is 7.75. The van der Waals surface area contributed by atoms with Crippen LogP contribution in [0.4, 0.5) is 4.79 Å². The third kappa shape index (κ3) is 2.12. The summed E-state index contributed by atoms with van der Waals surface area (Å²) < 4.78 is 4.86. The second kappa shape index (κ2) is 5.52. The number of thiol groups is 1. The molecule has 1 aromatic heterocycles. The number of hydrogen-bond donors (Lipinski definition) is 1. The Morgan fingerprint density at radius 3 is 2.83 bits per heavy atom. The molecule has 3 unspecified atom stereocenters. The molecule has 7 nitrogen and oxygen atoms in total. The number of hydrogen-bond acceptors (Lipinski definition) is 6. The number of ether oxygens (including phenoxy) is 1. The molecule has 3 heterocycles. The van der Waals surface area contributed by atoms with Crippen molar-refractivity contribution in [3.05, 3.63) is 30.1 Å². The van der Waals surface area contributed by atoms with Crippen LogP contribution in [0.3, 0.4) is 0 Å². The average Bonchev–Trinajstić information content (AvgIpc) is 2.98. The van der Waals surface area contributed by atoms with E-state index >= 15 is 0 Å². The van der Waals surface area contributed by atoms with E-state index in [9.17, 15) is 14.4 Å². The van der Waals surface area contributed by atoms with Gasteiger partial charge in [-0.25, -0.2) is 4.79 Å². The number of rotatable bonds is 3. The highest BCUT2D eigenvalue weighted by Crippen LogP contribution is 2.53. The van der Waals surface area contributed by atoms with Gasteiger partial charge in [-0.2, -0.15) is 0 Å². The number of pyridine rings is 1. The van der Waals surface area contributed by atoms with Crippen molar-refractivity contribution in [2.24, 2.45) is 5.92 Å². The molecule has 3 atom stereocenters. The fourth-order valence-electron chi connectivity index (χ4n) is 3.40. The molecule has 0 radical (unpaired) electrons. The normalized spacial score (nSPS) is 29.9. The Bertz CT molecular complexity index is 668. The first kappa shape index (κ1) is 15.8. The summed E-state index contributed by atoms with van der Waals surface area (Å²) in [5.41, 5.74) is 0.679. The van der Waals surface area contributed by atoms with Crippen LogP contribution < -0.4 is 0 Å². The van der Waals surface area contributed by atoms with Gasteiger partial charge in [-0.3, -0.25) is 24.4 Å². The maximum absolute atomic E-state index is 12.7. The van der Waals surface area contributed by atoms with Crippen molar-refractivity contribution in [3.8, 4) is 0 Å². The number of carbonyl (C=O) groups is 3. The maximum atomic E-state index is 12.7. The minimum atomic E-state index is -1.33. The van der Waals surface area contributed by atoms with Gasteiger partial charge in [0.25, 0.3) is 5.91 Å². The van der Waals surface area contributed by atoms with Crippen molar-refractivity contribution in [1.82, 2.24) is 14.8 Å². The number of aromatic nitrogens is 1. The summed E-state index contributed by atoms with van der Waals surface area (Å²) in [7, 11) is 1.29. The minimum absolute atomic E-state index is 0.115. The third-order valence-electron chi connectivity index (χ3n) is 4.43. The number of urea groups is 1. The molecule has 2 aliphatic rings. The Hall–Kier alpha value is -2.09. The van der Waals surface area contributed by atoms with Crippen molar-refractivity contribution in [1.29, 1.82) is 0 Å². The van der Waals surface area contributed by atoms with Gasteiger partial charge in [-0.1, -0.05) is 6.07 Å². The predicted octanol–water partition coefficient (Wildman–Crippen LogP) is 1.23. The number of methoxy groups -OCH3 is 1. The molecule has 122 valence electrons. The highest BCUT2D eigenvalue weighted by atomic mass is 32.1. The smallest absolute Gasteiger partial charge is 0.328 e. The van der Waals surface area contributed by atoms with Gasteiger partial charge >= 0.3 is 12.0 Å². The Labute approximate surface area is 139 Å². The molecule has 0 saturated carbocycles. The lowest BCUT2D eigenvalue weighted by Gasteiger charge is -2.28. The van der Waals surface area contributed by atoms with Gasteiger partial charge in [-0.05, 0) is 18.6 Å². The standard InChI is InChI=1S/C15H17N3O4S/c1-3-17-13(20)15(23)7-10(12(19)22-2)11(18(15)14(17)21)9-5-4-6-16-8-9/h4-6,8,10-11,23H,3,7H2,1-2H3. The lowest BCUT2D eigenvalue weighted by atomic mass is 9.93. The Morgan fingerprint density at radius 1 is 1.52 bits per heavy atom. The van der Waals surface area contributed by atoms with Crippen LogP contribution >= 0.6 is 12.6 Å². The van der Waals surface area contributed by atoms with Crippen molar-refractivity contribution in [2.45, 2.75) is 24.3 Å². The monoisotopic (exact) mass is 335 g/mol. The number of carbonyl (C=O) groups excluding carboxylic acids is 3. The van der Waals surface area contributed by atoms with Crippen molar-refractivity contribution in [3.63, 3.8) is 0 Å². The van der Waals surface area contributed by atoms with Crippen LogP contribution in [-0.4, -0.2) is 51.2 Å². The van der Waals surface area contributed by atoms with Crippen LogP contribution in [0, 0.1) is 5.92 Å². The Kier molecular flexibility index (Phi) is 3.79. The van der Waals surface area contributed by atoms with E-state index in [2.05, 4.69) is 17.6 Å². The van der Waals surface area contributed by atoms with Gasteiger partial charge in [0.2, 0.25) is 0 Å². The molecule has 2 fully saturated rings. The topological polar surface area (TPSA) is 79.8 Å². The second-order valence-corrected chi connectivity index (χ2v) is 6.32. The third-order valence-corrected chi connectivity index (χ3v) is 5.02. The van der Waals surface area contributed by atoms with Gasteiger partial charge < -0.3 is 4.74 Å². The highest BCUT2D eigenvalue weighted by molar-refractivity contribution is 7.82. The number of nitrogens with zero attached hydrogens (tertiary/aromatic N) is 3. The zero-order valence-corrected chi connectivity index (χ0v) is 13.7. The van der Waals surface area contributed by atoms with Crippen LogP contribution in [0.5, 0.6) is 0 Å². The zero-order chi connectivity index (χ0) is 16.8. The van der Waals surface area contributed by atoms with E-state index in [1.54, 1.807) is 31.5 Å². The van der Waals surface area contributed by atoms with Crippen molar-refractivity contribution in [2.75, 3.05) is 13.7 Å². The number of imide groups is 1. The average molecular weight is 335 g/mol. The molecule has 0 aliphatic carbocycles. The summed E-state index contributed by atoms with van der Waals surface area (Å²) in [6.07, 6.45) is 3.31. The molecule has 3 amide bonds. The lowest BCUT2D eigenvalue weighted by molar-refractivity contribution is -0.146. The summed E-state index contributed by atoms with van der Waals surface area (Å²) in [5.74, 6) is -1.52. The first-order chi connectivity index (χ1) is 11.0. The molecule has 0 bridgehead atoms. The number of likely N-dealkylation sites (N-methyl/N-ethyl adjacent to an activating group) is 1. The summed E-state index contributed by atoms with van der Waals surface area (Å²) in [6, 6.07) is 2.44. The SMILES string of the molecule is CCN1C(=O)N2C(c3cccnc3)C(C(=O)OC)CC2(S)C1=O. The molecule has 2 aliphatic heterocycles. The van der Waals surface area contributed by atoms with Crippen LogP contribution in [0.2, 0.25) is 0 Å². The molecule has 0 N–H and O–H groups in total. The van der Waals surface area contributed by atoms with Crippen LogP contribution in [-0.2, 0) is 14.3 Å². The molecule has 2 saturated heterocycles. The van der Waals surface area contributed by atoms with Gasteiger partial charge in [0.05, 0.1) is 19.1 Å². The van der Waals surface area contributed by atoms with E-state index in [0.29, 0.717) is 5.56 Å². The predicted molar refractivity (Wildman–Crippen MR) is 83.4 cm³/mol. The molecule has 0 spiro atoms. The Balaban J connectivity index is 2.11. The van der Waals surface area contributed by atoms with E-state index in [1.807, 2.05) is 0 Å². The maximum Gasteiger partial charge on any atom is 0.328 e. The molecule has 8 heteroatoms. The number of amides is 3. The number of fused-ring (bicyclic) bond motifs is 1.